The Balaban J connectivity index is 1.85. The molecule has 1 saturated heterocycles. The number of piperidine rings is 1. The maximum atomic E-state index is 12.7. The first-order valence-electron chi connectivity index (χ1n) is 7.00. The van der Waals surface area contributed by atoms with Crippen LogP contribution in [0.5, 0.6) is 0 Å². The molecule has 2 rings (SSSR count). The fourth-order valence-electron chi connectivity index (χ4n) is 3.20. The van der Waals surface area contributed by atoms with Gasteiger partial charge in [0.1, 0.15) is 0 Å². The minimum absolute atomic E-state index is 0.0518. The van der Waals surface area contributed by atoms with E-state index in [1.807, 2.05) is 0 Å². The van der Waals surface area contributed by atoms with Gasteiger partial charge in [0.2, 0.25) is 0 Å². The van der Waals surface area contributed by atoms with Crippen molar-refractivity contribution in [1.29, 1.82) is 0 Å². The van der Waals surface area contributed by atoms with E-state index in [-0.39, 0.29) is 12.5 Å². The summed E-state index contributed by atoms with van der Waals surface area (Å²) in [5.74, 6) is -0.592. The van der Waals surface area contributed by atoms with Gasteiger partial charge in [-0.15, -0.1) is 0 Å². The zero-order valence-electron chi connectivity index (χ0n) is 10.9. The molecule has 1 saturated carbocycles. The molecule has 2 fully saturated rings. The van der Waals surface area contributed by atoms with Crippen molar-refractivity contribution >= 4 is 0 Å². The van der Waals surface area contributed by atoms with Gasteiger partial charge in [-0.2, -0.15) is 13.2 Å². The predicted octanol–water partition coefficient (Wildman–Crippen LogP) is 2.70. The molecule has 5 heteroatoms. The van der Waals surface area contributed by atoms with Crippen LogP contribution < -0.4 is 10.6 Å². The third-order valence-corrected chi connectivity index (χ3v) is 4.37. The largest absolute Gasteiger partial charge is 0.391 e. The highest BCUT2D eigenvalue weighted by molar-refractivity contribution is 4.87. The van der Waals surface area contributed by atoms with Crippen molar-refractivity contribution in [2.45, 2.75) is 57.3 Å². The molecular formula is C13H23F3N2. The molecule has 0 aromatic rings. The highest BCUT2D eigenvalue weighted by Gasteiger charge is 2.42. The summed E-state index contributed by atoms with van der Waals surface area (Å²) >= 11 is 0. The minimum atomic E-state index is -4.01. The molecule has 0 amide bonds. The molecule has 2 aliphatic rings. The minimum Gasteiger partial charge on any atom is -0.316 e. The summed E-state index contributed by atoms with van der Waals surface area (Å²) in [5.41, 5.74) is 0. The van der Waals surface area contributed by atoms with Crippen LogP contribution in [0.4, 0.5) is 13.2 Å². The van der Waals surface area contributed by atoms with Gasteiger partial charge >= 0.3 is 6.18 Å². The van der Waals surface area contributed by atoms with E-state index in [1.165, 1.54) is 0 Å². The maximum absolute atomic E-state index is 12.7. The maximum Gasteiger partial charge on any atom is 0.391 e. The van der Waals surface area contributed by atoms with E-state index in [1.54, 1.807) is 0 Å². The molecule has 1 heterocycles. The van der Waals surface area contributed by atoms with Crippen LogP contribution in [0.3, 0.4) is 0 Å². The van der Waals surface area contributed by atoms with Gasteiger partial charge in [0, 0.05) is 12.1 Å². The van der Waals surface area contributed by atoms with Gasteiger partial charge in [-0.3, -0.25) is 0 Å². The van der Waals surface area contributed by atoms with E-state index in [4.69, 9.17) is 0 Å². The Hall–Kier alpha value is -0.290. The molecule has 0 spiro atoms. The van der Waals surface area contributed by atoms with Crippen LogP contribution in [0.1, 0.15) is 39.0 Å². The summed E-state index contributed by atoms with van der Waals surface area (Å²) in [6, 6.07) is 0.430. The molecule has 18 heavy (non-hydrogen) atoms. The Morgan fingerprint density at radius 1 is 1.17 bits per heavy atom. The Labute approximate surface area is 107 Å². The zero-order valence-corrected chi connectivity index (χ0v) is 10.9. The Morgan fingerprint density at radius 3 is 2.61 bits per heavy atom. The van der Waals surface area contributed by atoms with E-state index < -0.39 is 12.1 Å². The van der Waals surface area contributed by atoms with Crippen molar-refractivity contribution in [1.82, 2.24) is 10.6 Å². The molecule has 1 aliphatic heterocycles. The Morgan fingerprint density at radius 2 is 1.94 bits per heavy atom. The fraction of sp³-hybridized carbons (Fsp3) is 1.00. The van der Waals surface area contributed by atoms with Crippen LogP contribution in [0.15, 0.2) is 0 Å². The number of rotatable bonds is 2. The first-order valence-corrected chi connectivity index (χ1v) is 7.00. The summed E-state index contributed by atoms with van der Waals surface area (Å²) in [5, 5.41) is 6.78. The Kier molecular flexibility index (Phi) is 4.54. The highest BCUT2D eigenvalue weighted by atomic mass is 19.4. The second-order valence-electron chi connectivity index (χ2n) is 5.85. The molecule has 0 bridgehead atoms. The van der Waals surface area contributed by atoms with Gasteiger partial charge in [-0.25, -0.2) is 0 Å². The topological polar surface area (TPSA) is 24.1 Å². The van der Waals surface area contributed by atoms with Crippen molar-refractivity contribution in [3.8, 4) is 0 Å². The first kappa shape index (κ1) is 14.1. The molecule has 2 nitrogen and oxygen atoms in total. The van der Waals surface area contributed by atoms with E-state index in [9.17, 15) is 13.2 Å². The van der Waals surface area contributed by atoms with Crippen LogP contribution >= 0.6 is 0 Å². The normalized spacial score (nSPS) is 38.7. The second-order valence-corrected chi connectivity index (χ2v) is 5.85. The third-order valence-electron chi connectivity index (χ3n) is 4.37. The zero-order chi connectivity index (χ0) is 13.2. The van der Waals surface area contributed by atoms with Gasteiger partial charge in [-0.05, 0) is 44.7 Å². The quantitative estimate of drug-likeness (QED) is 0.801. The number of hydrogen-bond donors (Lipinski definition) is 2. The van der Waals surface area contributed by atoms with Crippen LogP contribution in [0.2, 0.25) is 0 Å². The number of nitrogens with one attached hydrogen (secondary N) is 2. The lowest BCUT2D eigenvalue weighted by atomic mass is 9.84. The van der Waals surface area contributed by atoms with Gasteiger partial charge < -0.3 is 10.6 Å². The summed E-state index contributed by atoms with van der Waals surface area (Å²) < 4.78 is 38.2. The summed E-state index contributed by atoms with van der Waals surface area (Å²) in [4.78, 5) is 0. The molecule has 4 unspecified atom stereocenters. The summed E-state index contributed by atoms with van der Waals surface area (Å²) in [6.07, 6.45) is -0.831. The number of alkyl halides is 3. The van der Waals surface area contributed by atoms with Crippen LogP contribution in [0.25, 0.3) is 0 Å². The van der Waals surface area contributed by atoms with E-state index in [0.717, 1.165) is 25.9 Å². The molecule has 0 aromatic heterocycles. The van der Waals surface area contributed by atoms with Gasteiger partial charge in [0.15, 0.2) is 0 Å². The lowest BCUT2D eigenvalue weighted by Crippen LogP contribution is -2.51. The summed E-state index contributed by atoms with van der Waals surface area (Å²) in [6.45, 7) is 4.10. The number of halogens is 3. The van der Waals surface area contributed by atoms with Crippen molar-refractivity contribution < 1.29 is 13.2 Å². The number of hydrogen-bond acceptors (Lipinski definition) is 2. The molecule has 4 atom stereocenters. The average Bonchev–Trinajstić information content (AvgIpc) is 2.31. The van der Waals surface area contributed by atoms with Crippen LogP contribution in [0, 0.1) is 11.8 Å². The highest BCUT2D eigenvalue weighted by Crippen LogP contribution is 2.37. The standard InChI is InChI=1S/C13H23F3N2/c1-9-8-17-6-5-12(9)18-11-4-2-3-10(7-11)13(14,15)16/h9-12,17-18H,2-8H2,1H3. The molecule has 2 N–H and O–H groups in total. The third kappa shape index (κ3) is 3.60. The SMILES string of the molecule is CC1CNCCC1NC1CCCC(C(F)(F)F)C1. The smallest absolute Gasteiger partial charge is 0.316 e. The predicted molar refractivity (Wildman–Crippen MR) is 65.4 cm³/mol. The van der Waals surface area contributed by atoms with Gasteiger partial charge in [0.25, 0.3) is 0 Å². The molecule has 0 radical (unpaired) electrons. The average molecular weight is 264 g/mol. The molecule has 106 valence electrons. The van der Waals surface area contributed by atoms with Crippen molar-refractivity contribution in [2.75, 3.05) is 13.1 Å². The van der Waals surface area contributed by atoms with Gasteiger partial charge in [0.05, 0.1) is 5.92 Å². The van der Waals surface area contributed by atoms with Crippen molar-refractivity contribution in [3.63, 3.8) is 0 Å². The van der Waals surface area contributed by atoms with Crippen LogP contribution in [-0.2, 0) is 0 Å². The van der Waals surface area contributed by atoms with E-state index in [2.05, 4.69) is 17.6 Å². The molecular weight excluding hydrogens is 241 g/mol. The fourth-order valence-corrected chi connectivity index (χ4v) is 3.20. The second kappa shape index (κ2) is 5.78. The molecule has 1 aliphatic carbocycles. The molecule has 0 aromatic carbocycles. The first-order chi connectivity index (χ1) is 8.47. The Bertz CT molecular complexity index is 267. The monoisotopic (exact) mass is 264 g/mol. The van der Waals surface area contributed by atoms with E-state index in [0.29, 0.717) is 24.8 Å². The summed E-state index contributed by atoms with van der Waals surface area (Å²) in [7, 11) is 0. The van der Waals surface area contributed by atoms with Gasteiger partial charge in [-0.1, -0.05) is 13.3 Å². The van der Waals surface area contributed by atoms with Crippen molar-refractivity contribution in [2.24, 2.45) is 11.8 Å². The van der Waals surface area contributed by atoms with Crippen molar-refractivity contribution in [3.05, 3.63) is 0 Å². The van der Waals surface area contributed by atoms with E-state index >= 15 is 0 Å². The van der Waals surface area contributed by atoms with Crippen LogP contribution in [-0.4, -0.2) is 31.3 Å². The lowest BCUT2D eigenvalue weighted by Gasteiger charge is -2.37. The lowest BCUT2D eigenvalue weighted by molar-refractivity contribution is -0.184.